The van der Waals surface area contributed by atoms with Gasteiger partial charge in [0.05, 0.1) is 19.6 Å². The number of carbonyl (C=O) groups excluding carboxylic acids is 4. The van der Waals surface area contributed by atoms with Crippen LogP contribution in [0.15, 0.2) is 55.1 Å². The topological polar surface area (TPSA) is 134 Å². The SMILES string of the molecule is C=CC(=O)OCC(C)(C)C(=O)C(=O)N1CCCC[C@H]1C(=O)OC(CC)(CCc1ccc(OC)c(OC)c1)c1cccc(N)c1. The molecule has 0 bridgehead atoms. The van der Waals surface area contributed by atoms with E-state index in [1.165, 1.54) is 18.7 Å². The zero-order valence-corrected chi connectivity index (χ0v) is 26.4. The number of methoxy groups -OCH3 is 2. The molecule has 1 heterocycles. The van der Waals surface area contributed by atoms with Gasteiger partial charge in [-0.15, -0.1) is 0 Å². The number of ketones is 1. The standard InChI is InChI=1S/C34H44N2O8/c1-7-29(37)43-22-33(3,4)30(38)31(39)36-19-10-9-14-26(36)32(40)44-34(8-2,24-12-11-13-25(35)21-24)18-17-23-15-16-27(41-5)28(20-23)42-6/h7,11-13,15-16,20-21,26H,1,8-10,14,17-19,22,35H2,2-6H3/t26-,34?/m0/s1. The largest absolute Gasteiger partial charge is 0.493 e. The molecule has 2 aromatic rings. The van der Waals surface area contributed by atoms with Gasteiger partial charge in [-0.05, 0) is 87.8 Å². The lowest BCUT2D eigenvalue weighted by Gasteiger charge is -2.39. The van der Waals surface area contributed by atoms with Crippen LogP contribution in [0.3, 0.4) is 0 Å². The van der Waals surface area contributed by atoms with Crippen LogP contribution in [0.2, 0.25) is 0 Å². The van der Waals surface area contributed by atoms with E-state index >= 15 is 0 Å². The minimum atomic E-state index is -1.30. The predicted molar refractivity (Wildman–Crippen MR) is 166 cm³/mol. The van der Waals surface area contributed by atoms with E-state index in [0.29, 0.717) is 55.7 Å². The first-order valence-electron chi connectivity index (χ1n) is 14.9. The second kappa shape index (κ2) is 14.9. The molecule has 1 fully saturated rings. The smallest absolute Gasteiger partial charge is 0.330 e. The maximum absolute atomic E-state index is 14.0. The molecule has 44 heavy (non-hydrogen) atoms. The van der Waals surface area contributed by atoms with Crippen LogP contribution in [0.5, 0.6) is 11.5 Å². The van der Waals surface area contributed by atoms with E-state index in [0.717, 1.165) is 17.2 Å². The van der Waals surface area contributed by atoms with Gasteiger partial charge in [0.1, 0.15) is 18.2 Å². The van der Waals surface area contributed by atoms with Gasteiger partial charge in [-0.1, -0.05) is 31.7 Å². The van der Waals surface area contributed by atoms with Crippen molar-refractivity contribution < 1.29 is 38.1 Å². The normalized spacial score (nSPS) is 16.3. The zero-order valence-electron chi connectivity index (χ0n) is 26.4. The summed E-state index contributed by atoms with van der Waals surface area (Å²) in [5.74, 6) is -1.63. The maximum Gasteiger partial charge on any atom is 0.330 e. The van der Waals surface area contributed by atoms with Crippen molar-refractivity contribution in [2.45, 2.75) is 70.9 Å². The van der Waals surface area contributed by atoms with Crippen LogP contribution in [0.25, 0.3) is 0 Å². The van der Waals surface area contributed by atoms with Gasteiger partial charge >= 0.3 is 11.9 Å². The minimum Gasteiger partial charge on any atom is -0.493 e. The Bertz CT molecular complexity index is 1370. The number of rotatable bonds is 14. The van der Waals surface area contributed by atoms with Gasteiger partial charge in [0.15, 0.2) is 11.5 Å². The summed E-state index contributed by atoms with van der Waals surface area (Å²) in [6.45, 7) is 8.27. The fourth-order valence-electron chi connectivity index (χ4n) is 5.39. The third kappa shape index (κ3) is 7.98. The van der Waals surface area contributed by atoms with Crippen molar-refractivity contribution in [1.29, 1.82) is 0 Å². The number of nitrogens with zero attached hydrogens (tertiary/aromatic N) is 1. The Morgan fingerprint density at radius 1 is 1.05 bits per heavy atom. The molecule has 3 rings (SSSR count). The van der Waals surface area contributed by atoms with Crippen LogP contribution < -0.4 is 15.2 Å². The number of hydrogen-bond donors (Lipinski definition) is 1. The Morgan fingerprint density at radius 2 is 1.77 bits per heavy atom. The number of aryl methyl sites for hydroxylation is 1. The monoisotopic (exact) mass is 608 g/mol. The lowest BCUT2D eigenvalue weighted by molar-refractivity contribution is -0.174. The molecule has 1 amide bonds. The second-order valence-corrected chi connectivity index (χ2v) is 11.6. The van der Waals surface area contributed by atoms with Gasteiger partial charge in [-0.3, -0.25) is 9.59 Å². The third-order valence-electron chi connectivity index (χ3n) is 8.13. The van der Waals surface area contributed by atoms with Crippen LogP contribution >= 0.6 is 0 Å². The molecule has 0 aromatic heterocycles. The van der Waals surface area contributed by atoms with Crippen molar-refractivity contribution in [2.24, 2.45) is 5.41 Å². The molecule has 10 nitrogen and oxygen atoms in total. The molecular weight excluding hydrogens is 564 g/mol. The lowest BCUT2D eigenvalue weighted by Crippen LogP contribution is -2.54. The number of piperidine rings is 1. The molecule has 0 spiro atoms. The number of anilines is 1. The van der Waals surface area contributed by atoms with E-state index in [1.54, 1.807) is 26.4 Å². The quantitative estimate of drug-likeness (QED) is 0.139. The van der Waals surface area contributed by atoms with Crippen molar-refractivity contribution in [3.8, 4) is 11.5 Å². The summed E-state index contributed by atoms with van der Waals surface area (Å²) in [6.07, 6.45) is 4.09. The number of likely N-dealkylation sites (tertiary alicyclic amines) is 1. The van der Waals surface area contributed by atoms with Crippen molar-refractivity contribution in [1.82, 2.24) is 4.90 Å². The predicted octanol–water partition coefficient (Wildman–Crippen LogP) is 4.77. The third-order valence-corrected chi connectivity index (χ3v) is 8.13. The summed E-state index contributed by atoms with van der Waals surface area (Å²) in [5.41, 5.74) is 6.02. The molecule has 2 N–H and O–H groups in total. The van der Waals surface area contributed by atoms with E-state index in [9.17, 15) is 19.2 Å². The fraction of sp³-hybridized carbons (Fsp3) is 0.471. The maximum atomic E-state index is 14.0. The minimum absolute atomic E-state index is 0.232. The van der Waals surface area contributed by atoms with Gasteiger partial charge < -0.3 is 29.6 Å². The van der Waals surface area contributed by atoms with Gasteiger partial charge in [0, 0.05) is 18.3 Å². The van der Waals surface area contributed by atoms with E-state index < -0.39 is 40.7 Å². The number of benzene rings is 2. The molecule has 10 heteroatoms. The van der Waals surface area contributed by atoms with E-state index in [2.05, 4.69) is 6.58 Å². The number of nitrogens with two attached hydrogens (primary N) is 1. The molecule has 2 atom stereocenters. The van der Waals surface area contributed by atoms with Gasteiger partial charge in [-0.2, -0.15) is 0 Å². The number of carbonyl (C=O) groups is 4. The van der Waals surface area contributed by atoms with Crippen molar-refractivity contribution in [3.63, 3.8) is 0 Å². The Balaban J connectivity index is 1.89. The number of hydrogen-bond acceptors (Lipinski definition) is 9. The van der Waals surface area contributed by atoms with Crippen LogP contribution in [0, 0.1) is 5.41 Å². The molecule has 238 valence electrons. The highest BCUT2D eigenvalue weighted by Crippen LogP contribution is 2.38. The highest BCUT2D eigenvalue weighted by Gasteiger charge is 2.44. The van der Waals surface area contributed by atoms with Crippen LogP contribution in [0.4, 0.5) is 5.69 Å². The number of ether oxygens (including phenoxy) is 4. The van der Waals surface area contributed by atoms with Crippen LogP contribution in [0.1, 0.15) is 64.0 Å². The Kier molecular flexibility index (Phi) is 11.6. The number of esters is 2. The molecule has 1 saturated heterocycles. The zero-order chi connectivity index (χ0) is 32.5. The summed E-state index contributed by atoms with van der Waals surface area (Å²) in [5, 5.41) is 0. The highest BCUT2D eigenvalue weighted by atomic mass is 16.6. The summed E-state index contributed by atoms with van der Waals surface area (Å²) in [4.78, 5) is 53.7. The Hall–Kier alpha value is -4.34. The average Bonchev–Trinajstić information content (AvgIpc) is 3.04. The number of amides is 1. The van der Waals surface area contributed by atoms with Gasteiger partial charge in [0.25, 0.3) is 5.91 Å². The first kappa shape index (κ1) is 34.2. The van der Waals surface area contributed by atoms with E-state index in [4.69, 9.17) is 24.7 Å². The van der Waals surface area contributed by atoms with E-state index in [1.807, 2.05) is 37.3 Å². The summed E-state index contributed by atoms with van der Waals surface area (Å²) < 4.78 is 22.3. The van der Waals surface area contributed by atoms with Crippen molar-refractivity contribution in [2.75, 3.05) is 33.1 Å². The summed E-state index contributed by atoms with van der Waals surface area (Å²) >= 11 is 0. The van der Waals surface area contributed by atoms with Crippen molar-refractivity contribution >= 4 is 29.3 Å². The summed E-state index contributed by atoms with van der Waals surface area (Å²) in [7, 11) is 3.15. The fourth-order valence-corrected chi connectivity index (χ4v) is 5.39. The highest BCUT2D eigenvalue weighted by molar-refractivity contribution is 6.38. The molecule has 0 saturated carbocycles. The Labute approximate surface area is 259 Å². The molecule has 1 aliphatic heterocycles. The summed E-state index contributed by atoms with van der Waals surface area (Å²) in [6, 6.07) is 12.0. The van der Waals surface area contributed by atoms with Crippen LogP contribution in [-0.4, -0.2) is 61.9 Å². The Morgan fingerprint density at radius 3 is 2.41 bits per heavy atom. The molecule has 0 aliphatic carbocycles. The first-order chi connectivity index (χ1) is 20.9. The lowest BCUT2D eigenvalue weighted by atomic mass is 9.84. The van der Waals surface area contributed by atoms with Crippen molar-refractivity contribution in [3.05, 3.63) is 66.2 Å². The molecule has 2 aromatic carbocycles. The van der Waals surface area contributed by atoms with Gasteiger partial charge in [0.2, 0.25) is 5.78 Å². The average molecular weight is 609 g/mol. The first-order valence-corrected chi connectivity index (χ1v) is 14.9. The second-order valence-electron chi connectivity index (χ2n) is 11.6. The number of nitrogen functional groups attached to an aromatic ring is 1. The van der Waals surface area contributed by atoms with E-state index in [-0.39, 0.29) is 13.2 Å². The molecule has 1 aliphatic rings. The van der Waals surface area contributed by atoms with Crippen LogP contribution in [-0.2, 0) is 40.7 Å². The molecule has 1 unspecified atom stereocenters. The number of Topliss-reactive ketones (excluding diaryl/α,β-unsaturated/α-hetero) is 1. The molecule has 0 radical (unpaired) electrons. The van der Waals surface area contributed by atoms with Gasteiger partial charge in [-0.25, -0.2) is 9.59 Å². The molecular formula is C34H44N2O8.